The van der Waals surface area contributed by atoms with Crippen LogP contribution in [0.25, 0.3) is 21.5 Å². The Bertz CT molecular complexity index is 1350. The van der Waals surface area contributed by atoms with Crippen LogP contribution in [0.3, 0.4) is 0 Å². The molecular weight excluding hydrogens is 603 g/mol. The first-order valence-electron chi connectivity index (χ1n) is 13.7. The zero-order valence-corrected chi connectivity index (χ0v) is 30.2. The van der Waals surface area contributed by atoms with Crippen LogP contribution in [0, 0.1) is 13.8 Å². The second-order valence-electron chi connectivity index (χ2n) is 12.5. The maximum absolute atomic E-state index is 11.7. The standard InChI is InChI=1S/C14H22O.2C10H9.C2H6Si.ClH.Zr/c1-13(2,3)10-7-8-12(15)11(9-10)14(4,5)6;2*1-8-6-9-4-2-3-5-10(9)7-8;1-3-2;;/h7-9,15H,1-6H3;2*2-7H,1H3;1-2H3;1H;/q;2*-1;;;+2/p-2. The van der Waals surface area contributed by atoms with Gasteiger partial charge in [-0.3, -0.25) is 0 Å². The number of benzene rings is 3. The Labute approximate surface area is 264 Å². The molecule has 0 heterocycles. The summed E-state index contributed by atoms with van der Waals surface area (Å²) in [5.74, 6) is 0.149. The van der Waals surface area contributed by atoms with Crippen molar-refractivity contribution >= 4 is 27.0 Å². The van der Waals surface area contributed by atoms with Gasteiger partial charge in [-0.15, -0.1) is 87.0 Å². The fraction of sp³-hybridized carbons (Fsp3) is 0.333. The van der Waals surface area contributed by atoms with Crippen molar-refractivity contribution < 1.29 is 40.8 Å². The summed E-state index contributed by atoms with van der Waals surface area (Å²) in [6, 6.07) is 31.4. The fourth-order valence-corrected chi connectivity index (χ4v) is 4.19. The van der Waals surface area contributed by atoms with Crippen LogP contribution in [0.2, 0.25) is 13.1 Å². The molecule has 0 saturated heterocycles. The van der Waals surface area contributed by atoms with Gasteiger partial charge in [0.25, 0.3) is 0 Å². The Kier molecular flexibility index (Phi) is 14.4. The zero-order valence-electron chi connectivity index (χ0n) is 25.9. The average Bonchev–Trinajstić information content (AvgIpc) is 3.38. The zero-order chi connectivity index (χ0) is 29.4. The number of hydrogen-bond acceptors (Lipinski definition) is 1. The molecule has 0 fully saturated rings. The molecule has 1 nitrogen and oxygen atoms in total. The molecule has 0 N–H and O–H groups in total. The summed E-state index contributed by atoms with van der Waals surface area (Å²) in [6.45, 7) is 21.6. The normalized spacial score (nSPS) is 10.8. The van der Waals surface area contributed by atoms with Gasteiger partial charge in [0.1, 0.15) is 0 Å². The molecule has 4 heteroatoms. The number of halogens is 1. The molecule has 0 aliphatic carbocycles. The van der Waals surface area contributed by atoms with E-state index in [9.17, 15) is 5.11 Å². The van der Waals surface area contributed by atoms with Gasteiger partial charge >= 0.3 is 41.9 Å². The van der Waals surface area contributed by atoms with Crippen molar-refractivity contribution in [3.8, 4) is 5.75 Å². The van der Waals surface area contributed by atoms with Crippen LogP contribution in [0.1, 0.15) is 63.8 Å². The van der Waals surface area contributed by atoms with E-state index in [1.807, 2.05) is 6.07 Å². The summed E-state index contributed by atoms with van der Waals surface area (Å²) in [4.78, 5) is 0. The average molecular weight is 649 g/mol. The molecular formula is C36H45ClOSiZr-2. The monoisotopic (exact) mass is 646 g/mol. The first-order chi connectivity index (χ1) is 18.1. The molecule has 0 unspecified atom stereocenters. The maximum Gasteiger partial charge on any atom is -0.0579 e. The van der Waals surface area contributed by atoms with Crippen molar-refractivity contribution in [2.45, 2.75) is 79.3 Å². The van der Waals surface area contributed by atoms with E-state index < -0.39 is 0 Å². The van der Waals surface area contributed by atoms with Gasteiger partial charge in [0.15, 0.2) is 0 Å². The van der Waals surface area contributed by atoms with E-state index in [4.69, 9.17) is 0 Å². The first-order valence-corrected chi connectivity index (χ1v) is 19.8. The largest absolute Gasteiger partial charge is 1.00 e. The summed E-state index contributed by atoms with van der Waals surface area (Å²) in [7, 11) is 0. The second kappa shape index (κ2) is 15.9. The minimum atomic E-state index is -0.0711. The Morgan fingerprint density at radius 3 is 1.40 bits per heavy atom. The molecule has 5 aromatic carbocycles. The molecule has 0 spiro atoms. The minimum absolute atomic E-state index is 0. The predicted molar refractivity (Wildman–Crippen MR) is 169 cm³/mol. The van der Waals surface area contributed by atoms with Crippen molar-refractivity contribution in [1.29, 1.82) is 0 Å². The summed E-state index contributed by atoms with van der Waals surface area (Å²) < 4.78 is 0. The SMILES string of the molecule is CC(C)(C)c1ccc([O-])c(C(C)(C)C)c1.C[Si](C)=[Zr+2].Cc1cc2ccccc2[cH-]1.Cc1cc2ccccc2[cH-]1.[Cl-]. The van der Waals surface area contributed by atoms with Crippen molar-refractivity contribution in [2.24, 2.45) is 0 Å². The third-order valence-electron chi connectivity index (χ3n) is 6.18. The Balaban J connectivity index is 0.000000283. The van der Waals surface area contributed by atoms with Crippen LogP contribution in [0.5, 0.6) is 5.75 Å². The fourth-order valence-electron chi connectivity index (χ4n) is 4.19. The molecule has 40 heavy (non-hydrogen) atoms. The van der Waals surface area contributed by atoms with E-state index >= 15 is 0 Å². The first kappa shape index (κ1) is 36.1. The molecule has 212 valence electrons. The number of aryl methyl sites for hydroxylation is 2. The molecule has 5 aromatic rings. The number of hydrogen-bond donors (Lipinski definition) is 0. The molecule has 0 aliphatic heterocycles. The maximum atomic E-state index is 11.7. The van der Waals surface area contributed by atoms with Gasteiger partial charge < -0.3 is 17.5 Å². The van der Waals surface area contributed by atoms with Crippen LogP contribution in [-0.2, 0) is 34.2 Å². The molecule has 0 radical (unpaired) electrons. The summed E-state index contributed by atoms with van der Waals surface area (Å²) in [5.41, 5.74) is 5.08. The van der Waals surface area contributed by atoms with E-state index in [1.54, 1.807) is 29.4 Å². The molecule has 0 amide bonds. The van der Waals surface area contributed by atoms with Gasteiger partial charge in [-0.25, -0.2) is 0 Å². The third kappa shape index (κ3) is 11.9. The van der Waals surface area contributed by atoms with Crippen molar-refractivity contribution in [2.75, 3.05) is 0 Å². The van der Waals surface area contributed by atoms with Crippen LogP contribution >= 0.6 is 0 Å². The molecule has 0 bridgehead atoms. The van der Waals surface area contributed by atoms with Crippen molar-refractivity contribution in [3.05, 3.63) is 113 Å². The van der Waals surface area contributed by atoms with Gasteiger partial charge in [0.05, 0.1) is 0 Å². The molecule has 0 aliphatic rings. The Morgan fingerprint density at radius 1 is 0.650 bits per heavy atom. The predicted octanol–water partition coefficient (Wildman–Crippen LogP) is 6.88. The summed E-state index contributed by atoms with van der Waals surface area (Å²) in [6.07, 6.45) is 0. The van der Waals surface area contributed by atoms with Crippen LogP contribution in [-0.4, -0.2) is 5.43 Å². The molecule has 0 aromatic heterocycles. The van der Waals surface area contributed by atoms with Crippen LogP contribution in [0.15, 0.2) is 91.0 Å². The van der Waals surface area contributed by atoms with E-state index in [-0.39, 0.29) is 34.4 Å². The number of fused-ring (bicyclic) bond motifs is 2. The Morgan fingerprint density at radius 2 is 1.05 bits per heavy atom. The third-order valence-corrected chi connectivity index (χ3v) is 6.18. The number of rotatable bonds is 0. The van der Waals surface area contributed by atoms with Crippen molar-refractivity contribution in [1.82, 2.24) is 0 Å². The van der Waals surface area contributed by atoms with Crippen LogP contribution in [0.4, 0.5) is 0 Å². The van der Waals surface area contributed by atoms with Gasteiger partial charge in [0.2, 0.25) is 0 Å². The molecule has 0 saturated carbocycles. The summed E-state index contributed by atoms with van der Waals surface area (Å²) in [5, 5.41) is 17.1. The van der Waals surface area contributed by atoms with Crippen molar-refractivity contribution in [3.63, 3.8) is 0 Å². The smallest absolute Gasteiger partial charge is 0.0579 e. The van der Waals surface area contributed by atoms with Gasteiger partial charge in [-0.2, -0.15) is 12.1 Å². The minimum Gasteiger partial charge on any atom is -1.00 e. The molecule has 5 rings (SSSR count). The molecule has 0 atom stereocenters. The summed E-state index contributed by atoms with van der Waals surface area (Å²) >= 11 is 1.74. The van der Waals surface area contributed by atoms with E-state index in [0.29, 0.717) is 0 Å². The van der Waals surface area contributed by atoms with Gasteiger partial charge in [0, 0.05) is 0 Å². The van der Waals surface area contributed by atoms with E-state index in [2.05, 4.69) is 147 Å². The van der Waals surface area contributed by atoms with E-state index in [0.717, 1.165) is 5.56 Å². The Hall–Kier alpha value is -1.93. The van der Waals surface area contributed by atoms with Gasteiger partial charge in [-0.1, -0.05) is 91.3 Å². The van der Waals surface area contributed by atoms with Gasteiger partial charge in [-0.05, 0) is 16.4 Å². The van der Waals surface area contributed by atoms with E-state index in [1.165, 1.54) is 38.2 Å². The topological polar surface area (TPSA) is 23.1 Å². The van der Waals surface area contributed by atoms with Crippen LogP contribution < -0.4 is 17.5 Å². The quantitative estimate of drug-likeness (QED) is 0.133. The second-order valence-corrected chi connectivity index (χ2v) is 21.9.